The van der Waals surface area contributed by atoms with Crippen LogP contribution in [0.15, 0.2) is 0 Å². The maximum atomic E-state index is 11.5. The first kappa shape index (κ1) is 9.36. The molecule has 0 aromatic heterocycles. The summed E-state index contributed by atoms with van der Waals surface area (Å²) in [4.78, 5) is 10.7. The minimum atomic E-state index is -0.873. The van der Waals surface area contributed by atoms with E-state index in [9.17, 15) is 9.28 Å². The van der Waals surface area contributed by atoms with Gasteiger partial charge in [-0.25, -0.2) is 0 Å². The SMILES string of the molecule is CC(C)OC(=O)C(C)NF. The molecular formula is C6H12FNO2. The van der Waals surface area contributed by atoms with Crippen LogP contribution in [0.2, 0.25) is 0 Å². The van der Waals surface area contributed by atoms with Crippen LogP contribution < -0.4 is 5.54 Å². The third kappa shape index (κ3) is 3.40. The molecule has 0 aromatic carbocycles. The van der Waals surface area contributed by atoms with Gasteiger partial charge in [-0.3, -0.25) is 4.79 Å². The van der Waals surface area contributed by atoms with E-state index in [4.69, 9.17) is 0 Å². The summed E-state index contributed by atoms with van der Waals surface area (Å²) in [5, 5.41) is 0. The number of halogens is 1. The number of carbonyl (C=O) groups excluding carboxylic acids is 1. The van der Waals surface area contributed by atoms with Crippen LogP contribution in [0.1, 0.15) is 20.8 Å². The maximum Gasteiger partial charge on any atom is 0.325 e. The Morgan fingerprint density at radius 2 is 2.00 bits per heavy atom. The number of esters is 1. The van der Waals surface area contributed by atoms with Gasteiger partial charge in [0.15, 0.2) is 0 Å². The van der Waals surface area contributed by atoms with E-state index in [2.05, 4.69) is 4.74 Å². The van der Waals surface area contributed by atoms with Crippen LogP contribution in [-0.2, 0) is 9.53 Å². The van der Waals surface area contributed by atoms with Crippen molar-refractivity contribution in [1.29, 1.82) is 0 Å². The van der Waals surface area contributed by atoms with Gasteiger partial charge in [0, 0.05) is 0 Å². The Kier molecular flexibility index (Phi) is 3.95. The Morgan fingerprint density at radius 3 is 2.30 bits per heavy atom. The Hall–Kier alpha value is -0.640. The highest BCUT2D eigenvalue weighted by molar-refractivity contribution is 5.75. The number of ether oxygens (including phenoxy) is 1. The van der Waals surface area contributed by atoms with Gasteiger partial charge < -0.3 is 4.74 Å². The molecule has 0 rings (SSSR count). The predicted molar refractivity (Wildman–Crippen MR) is 34.9 cm³/mol. The molecule has 0 spiro atoms. The molecule has 1 N–H and O–H groups in total. The van der Waals surface area contributed by atoms with E-state index < -0.39 is 12.0 Å². The fraction of sp³-hybridized carbons (Fsp3) is 0.833. The Bertz CT molecular complexity index is 116. The van der Waals surface area contributed by atoms with E-state index in [1.165, 1.54) is 12.5 Å². The summed E-state index contributed by atoms with van der Waals surface area (Å²) in [6.07, 6.45) is -0.191. The monoisotopic (exact) mass is 149 g/mol. The van der Waals surface area contributed by atoms with Gasteiger partial charge in [-0.15, -0.1) is 10.0 Å². The Labute approximate surface area is 59.5 Å². The van der Waals surface area contributed by atoms with E-state index in [0.29, 0.717) is 0 Å². The molecule has 1 atom stereocenters. The second kappa shape index (κ2) is 4.22. The van der Waals surface area contributed by atoms with Crippen molar-refractivity contribution in [2.75, 3.05) is 0 Å². The van der Waals surface area contributed by atoms with Crippen LogP contribution >= 0.6 is 0 Å². The van der Waals surface area contributed by atoms with Crippen LogP contribution in [0.3, 0.4) is 0 Å². The molecule has 0 aliphatic rings. The third-order valence-corrected chi connectivity index (χ3v) is 0.869. The van der Waals surface area contributed by atoms with Crippen LogP contribution in [0.4, 0.5) is 4.48 Å². The van der Waals surface area contributed by atoms with Gasteiger partial charge in [0.25, 0.3) is 0 Å². The number of hydrogen-bond donors (Lipinski definition) is 1. The summed E-state index contributed by atoms with van der Waals surface area (Å²) in [6, 6.07) is -0.873. The van der Waals surface area contributed by atoms with Crippen molar-refractivity contribution >= 4 is 5.97 Å². The summed E-state index contributed by atoms with van der Waals surface area (Å²) < 4.78 is 16.2. The van der Waals surface area contributed by atoms with E-state index in [1.54, 1.807) is 13.8 Å². The summed E-state index contributed by atoms with van der Waals surface area (Å²) in [7, 11) is 0. The zero-order valence-corrected chi connectivity index (χ0v) is 6.35. The summed E-state index contributed by atoms with van der Waals surface area (Å²) in [6.45, 7) is 4.82. The lowest BCUT2D eigenvalue weighted by Gasteiger charge is -2.10. The first-order valence-electron chi connectivity index (χ1n) is 3.14. The largest absolute Gasteiger partial charge is 0.462 e. The van der Waals surface area contributed by atoms with Gasteiger partial charge in [0.05, 0.1) is 6.10 Å². The standard InChI is InChI=1S/C6H12FNO2/c1-4(2)10-6(9)5(3)8-7/h4-5,8H,1-3H3. The van der Waals surface area contributed by atoms with Crippen molar-refractivity contribution in [2.24, 2.45) is 0 Å². The van der Waals surface area contributed by atoms with Crippen molar-refractivity contribution in [1.82, 2.24) is 5.54 Å². The highest BCUT2D eigenvalue weighted by atomic mass is 19.2. The van der Waals surface area contributed by atoms with Crippen LogP contribution in [-0.4, -0.2) is 18.1 Å². The third-order valence-electron chi connectivity index (χ3n) is 0.869. The molecular weight excluding hydrogens is 137 g/mol. The summed E-state index contributed by atoms with van der Waals surface area (Å²) in [5.41, 5.74) is 1.30. The lowest BCUT2D eigenvalue weighted by molar-refractivity contribution is -0.150. The normalized spacial score (nSPS) is 13.3. The maximum absolute atomic E-state index is 11.5. The molecule has 0 bridgehead atoms. The average Bonchev–Trinajstić information content (AvgIpc) is 1.85. The molecule has 3 nitrogen and oxygen atoms in total. The molecule has 0 aromatic rings. The van der Waals surface area contributed by atoms with Gasteiger partial charge in [-0.2, -0.15) is 0 Å². The number of hydrogen-bond acceptors (Lipinski definition) is 3. The minimum absolute atomic E-state index is 0.191. The second-order valence-electron chi connectivity index (χ2n) is 2.32. The number of nitrogens with one attached hydrogen (secondary N) is 1. The molecule has 0 aliphatic carbocycles. The van der Waals surface area contributed by atoms with Gasteiger partial charge in [-0.1, -0.05) is 0 Å². The van der Waals surface area contributed by atoms with Gasteiger partial charge >= 0.3 is 5.97 Å². The van der Waals surface area contributed by atoms with Crippen molar-refractivity contribution in [2.45, 2.75) is 32.9 Å². The van der Waals surface area contributed by atoms with Gasteiger partial charge in [-0.05, 0) is 20.8 Å². The number of rotatable bonds is 3. The molecule has 0 amide bonds. The van der Waals surface area contributed by atoms with Crippen LogP contribution in [0, 0.1) is 0 Å². The topological polar surface area (TPSA) is 38.3 Å². The molecule has 4 heteroatoms. The zero-order chi connectivity index (χ0) is 8.15. The highest BCUT2D eigenvalue weighted by Gasteiger charge is 2.14. The fourth-order valence-corrected chi connectivity index (χ4v) is 0.379. The molecule has 0 radical (unpaired) electrons. The summed E-state index contributed by atoms with van der Waals surface area (Å²) >= 11 is 0. The summed E-state index contributed by atoms with van der Waals surface area (Å²) in [5.74, 6) is -0.572. The molecule has 0 aliphatic heterocycles. The van der Waals surface area contributed by atoms with E-state index >= 15 is 0 Å². The molecule has 0 fully saturated rings. The lowest BCUT2D eigenvalue weighted by atomic mass is 10.3. The van der Waals surface area contributed by atoms with Gasteiger partial charge in [0.1, 0.15) is 6.04 Å². The highest BCUT2D eigenvalue weighted by Crippen LogP contribution is 1.93. The zero-order valence-electron chi connectivity index (χ0n) is 6.35. The second-order valence-corrected chi connectivity index (χ2v) is 2.32. The van der Waals surface area contributed by atoms with Crippen molar-refractivity contribution in [3.05, 3.63) is 0 Å². The van der Waals surface area contributed by atoms with Gasteiger partial charge in [0.2, 0.25) is 0 Å². The quantitative estimate of drug-likeness (QED) is 0.476. The smallest absolute Gasteiger partial charge is 0.325 e. The Morgan fingerprint density at radius 1 is 1.50 bits per heavy atom. The first-order chi connectivity index (χ1) is 4.57. The fourth-order valence-electron chi connectivity index (χ4n) is 0.379. The predicted octanol–water partition coefficient (Wildman–Crippen LogP) is 0.801. The number of carbonyl (C=O) groups is 1. The van der Waals surface area contributed by atoms with Crippen LogP contribution in [0.5, 0.6) is 0 Å². The first-order valence-corrected chi connectivity index (χ1v) is 3.14. The molecule has 1 unspecified atom stereocenters. The van der Waals surface area contributed by atoms with E-state index in [1.807, 2.05) is 0 Å². The van der Waals surface area contributed by atoms with E-state index in [0.717, 1.165) is 0 Å². The molecule has 0 saturated heterocycles. The van der Waals surface area contributed by atoms with Crippen LogP contribution in [0.25, 0.3) is 0 Å². The Balaban J connectivity index is 3.62. The molecule has 0 heterocycles. The van der Waals surface area contributed by atoms with Crippen molar-refractivity contribution in [3.63, 3.8) is 0 Å². The molecule has 60 valence electrons. The molecule has 10 heavy (non-hydrogen) atoms. The van der Waals surface area contributed by atoms with Crippen molar-refractivity contribution < 1.29 is 14.0 Å². The lowest BCUT2D eigenvalue weighted by Crippen LogP contribution is -2.31. The molecule has 0 saturated carbocycles. The minimum Gasteiger partial charge on any atom is -0.462 e. The van der Waals surface area contributed by atoms with E-state index in [-0.39, 0.29) is 6.10 Å². The average molecular weight is 149 g/mol. The van der Waals surface area contributed by atoms with Crippen molar-refractivity contribution in [3.8, 4) is 0 Å².